The molecule has 0 saturated carbocycles. The fourth-order valence-electron chi connectivity index (χ4n) is 4.92. The van der Waals surface area contributed by atoms with E-state index in [2.05, 4.69) is 10.3 Å². The Hall–Kier alpha value is -4.32. The van der Waals surface area contributed by atoms with Crippen molar-refractivity contribution in [3.63, 3.8) is 0 Å². The summed E-state index contributed by atoms with van der Waals surface area (Å²) in [6.45, 7) is 2.57. The number of likely N-dealkylation sites (tertiary alicyclic amines) is 1. The van der Waals surface area contributed by atoms with Crippen molar-refractivity contribution in [3.8, 4) is 5.75 Å². The lowest BCUT2D eigenvalue weighted by molar-refractivity contribution is -0.178. The van der Waals surface area contributed by atoms with Gasteiger partial charge in [-0.15, -0.1) is 11.3 Å². The zero-order chi connectivity index (χ0) is 30.2. The predicted octanol–water partition coefficient (Wildman–Crippen LogP) is 3.72. The number of hydrogen-bond acceptors (Lipinski definition) is 9. The van der Waals surface area contributed by atoms with Crippen LogP contribution in [0.3, 0.4) is 0 Å². The van der Waals surface area contributed by atoms with Crippen molar-refractivity contribution in [3.05, 3.63) is 81.6 Å². The summed E-state index contributed by atoms with van der Waals surface area (Å²) in [6, 6.07) is 13.4. The van der Waals surface area contributed by atoms with Gasteiger partial charge in [0.2, 0.25) is 12.2 Å². The predicted molar refractivity (Wildman–Crippen MR) is 151 cm³/mol. The molecule has 1 aromatic heterocycles. The van der Waals surface area contributed by atoms with Crippen molar-refractivity contribution >= 4 is 35.1 Å². The molecule has 3 atom stereocenters. The van der Waals surface area contributed by atoms with Crippen LogP contribution in [0.15, 0.2) is 53.9 Å². The van der Waals surface area contributed by atoms with E-state index in [1.165, 1.54) is 30.6 Å². The van der Waals surface area contributed by atoms with Gasteiger partial charge in [0.05, 0.1) is 25.4 Å². The van der Waals surface area contributed by atoms with Gasteiger partial charge in [0, 0.05) is 37.8 Å². The van der Waals surface area contributed by atoms with Gasteiger partial charge in [0.1, 0.15) is 16.6 Å². The molecule has 0 radical (unpaired) electrons. The van der Waals surface area contributed by atoms with Gasteiger partial charge in [-0.2, -0.15) is 0 Å². The van der Waals surface area contributed by atoms with Gasteiger partial charge in [0.15, 0.2) is 0 Å². The average molecular weight is 598 g/mol. The van der Waals surface area contributed by atoms with E-state index in [-0.39, 0.29) is 12.6 Å². The minimum Gasteiger partial charge on any atom is -0.496 e. The fourth-order valence-corrected chi connectivity index (χ4v) is 5.66. The highest BCUT2D eigenvalue weighted by molar-refractivity contribution is 7.09. The standard InChI is InChI=1S/C30H32FN3O7S/c1-18(35)40-27(28(41-19(2)36)30(38)34-13-7-10-24(34)20-8-5-4-6-9-20)29(37)32-16-26-33-23(17-42-26)15-21-14-22(31)11-12-25(21)39-3/h4-6,8-9,11-12,14,17,24,27-28H,7,10,13,15-16H2,1-3H3,(H,32,37)/t24?,27-,28-/m1/s1. The van der Waals surface area contributed by atoms with Crippen molar-refractivity contribution < 1.29 is 37.8 Å². The Bertz CT molecular complexity index is 1430. The molecule has 1 aliphatic heterocycles. The molecule has 0 bridgehead atoms. The number of halogens is 1. The molecule has 1 aliphatic rings. The average Bonchev–Trinajstić information content (AvgIpc) is 3.63. The second-order valence-corrected chi connectivity index (χ2v) is 10.7. The molecule has 0 aliphatic carbocycles. The number of benzene rings is 2. The topological polar surface area (TPSA) is 124 Å². The van der Waals surface area contributed by atoms with Gasteiger partial charge in [-0.1, -0.05) is 30.3 Å². The first-order valence-electron chi connectivity index (χ1n) is 13.4. The number of rotatable bonds is 11. The lowest BCUT2D eigenvalue weighted by Gasteiger charge is -2.31. The Kier molecular flexibility index (Phi) is 10.2. The number of carbonyl (C=O) groups excluding carboxylic acids is 4. The van der Waals surface area contributed by atoms with E-state index < -0.39 is 41.8 Å². The van der Waals surface area contributed by atoms with Gasteiger partial charge in [-0.3, -0.25) is 19.2 Å². The van der Waals surface area contributed by atoms with Gasteiger partial charge >= 0.3 is 11.9 Å². The first-order valence-corrected chi connectivity index (χ1v) is 14.3. The molecule has 1 fully saturated rings. The van der Waals surface area contributed by atoms with Crippen LogP contribution in [0.25, 0.3) is 0 Å². The van der Waals surface area contributed by atoms with Crippen molar-refractivity contribution in [2.45, 2.75) is 57.9 Å². The molecular weight excluding hydrogens is 565 g/mol. The number of methoxy groups -OCH3 is 1. The molecule has 42 heavy (non-hydrogen) atoms. The molecule has 3 aromatic rings. The van der Waals surface area contributed by atoms with Crippen LogP contribution in [-0.4, -0.2) is 59.5 Å². The third-order valence-electron chi connectivity index (χ3n) is 6.71. The minimum atomic E-state index is -1.72. The van der Waals surface area contributed by atoms with Crippen molar-refractivity contribution in [2.24, 2.45) is 0 Å². The van der Waals surface area contributed by atoms with Gasteiger partial charge in [0.25, 0.3) is 11.8 Å². The van der Waals surface area contributed by atoms with Gasteiger partial charge in [-0.25, -0.2) is 9.37 Å². The van der Waals surface area contributed by atoms with E-state index in [0.717, 1.165) is 25.8 Å². The van der Waals surface area contributed by atoms with E-state index in [1.807, 2.05) is 30.3 Å². The lowest BCUT2D eigenvalue weighted by Crippen LogP contribution is -2.53. The number of nitrogens with one attached hydrogen (secondary N) is 1. The van der Waals surface area contributed by atoms with Gasteiger partial charge < -0.3 is 24.4 Å². The first-order chi connectivity index (χ1) is 20.2. The van der Waals surface area contributed by atoms with Crippen LogP contribution in [0.1, 0.15) is 54.6 Å². The Morgan fingerprint density at radius 3 is 2.48 bits per heavy atom. The zero-order valence-electron chi connectivity index (χ0n) is 23.5. The number of ether oxygens (including phenoxy) is 3. The Morgan fingerprint density at radius 2 is 1.79 bits per heavy atom. The minimum absolute atomic E-state index is 0.0428. The number of esters is 2. The summed E-state index contributed by atoms with van der Waals surface area (Å²) >= 11 is 1.27. The molecule has 0 spiro atoms. The van der Waals surface area contributed by atoms with Gasteiger partial charge in [-0.05, 0) is 36.6 Å². The summed E-state index contributed by atoms with van der Waals surface area (Å²) in [5, 5.41) is 4.94. The molecule has 1 saturated heterocycles. The maximum Gasteiger partial charge on any atom is 0.303 e. The van der Waals surface area contributed by atoms with Crippen molar-refractivity contribution in [1.82, 2.24) is 15.2 Å². The summed E-state index contributed by atoms with van der Waals surface area (Å²) in [7, 11) is 1.50. The third kappa shape index (κ3) is 7.69. The second-order valence-electron chi connectivity index (χ2n) is 9.74. The molecule has 222 valence electrons. The normalized spacial score (nSPS) is 15.9. The van der Waals surface area contributed by atoms with E-state index in [4.69, 9.17) is 14.2 Å². The monoisotopic (exact) mass is 597 g/mol. The van der Waals surface area contributed by atoms with E-state index >= 15 is 0 Å². The Balaban J connectivity index is 1.49. The van der Waals surface area contributed by atoms with E-state index in [0.29, 0.717) is 41.4 Å². The largest absolute Gasteiger partial charge is 0.496 e. The number of aromatic nitrogens is 1. The molecule has 2 amide bonds. The summed E-state index contributed by atoms with van der Waals surface area (Å²) < 4.78 is 29.6. The smallest absolute Gasteiger partial charge is 0.303 e. The summed E-state index contributed by atoms with van der Waals surface area (Å²) in [6.07, 6.45) is -1.67. The molecule has 2 heterocycles. The number of carbonyl (C=O) groups is 4. The van der Waals surface area contributed by atoms with Crippen molar-refractivity contribution in [2.75, 3.05) is 13.7 Å². The van der Waals surface area contributed by atoms with Crippen LogP contribution in [0.4, 0.5) is 4.39 Å². The SMILES string of the molecule is COc1ccc(F)cc1Cc1csc(CNC(=O)[C@H](OC(C)=O)[C@@H](OC(C)=O)C(=O)N2CCCC2c2ccccc2)n1. The Labute approximate surface area is 246 Å². The quantitative estimate of drug-likeness (QED) is 0.332. The highest BCUT2D eigenvalue weighted by Crippen LogP contribution is 2.33. The molecule has 12 heteroatoms. The van der Waals surface area contributed by atoms with Crippen LogP contribution < -0.4 is 10.1 Å². The zero-order valence-corrected chi connectivity index (χ0v) is 24.3. The second kappa shape index (κ2) is 14.0. The van der Waals surface area contributed by atoms with E-state index in [1.54, 1.807) is 16.3 Å². The molecule has 10 nitrogen and oxygen atoms in total. The summed E-state index contributed by atoms with van der Waals surface area (Å²) in [5.41, 5.74) is 2.17. The van der Waals surface area contributed by atoms with Crippen LogP contribution >= 0.6 is 11.3 Å². The highest BCUT2D eigenvalue weighted by atomic mass is 32.1. The third-order valence-corrected chi connectivity index (χ3v) is 7.61. The molecular formula is C30H32FN3O7S. The van der Waals surface area contributed by atoms with Crippen LogP contribution in [0.2, 0.25) is 0 Å². The lowest BCUT2D eigenvalue weighted by atomic mass is 10.0. The van der Waals surface area contributed by atoms with Crippen LogP contribution in [-0.2, 0) is 41.6 Å². The molecule has 1 N–H and O–H groups in total. The maximum absolute atomic E-state index is 13.8. The number of amides is 2. The number of thiazole rings is 1. The van der Waals surface area contributed by atoms with Crippen LogP contribution in [0.5, 0.6) is 5.75 Å². The molecule has 1 unspecified atom stereocenters. The first kappa shape index (κ1) is 30.6. The Morgan fingerprint density at radius 1 is 1.07 bits per heavy atom. The van der Waals surface area contributed by atoms with Crippen LogP contribution in [0, 0.1) is 5.82 Å². The maximum atomic E-state index is 13.8. The fraction of sp³-hybridized carbons (Fsp3) is 0.367. The molecule has 2 aromatic carbocycles. The summed E-state index contributed by atoms with van der Waals surface area (Å²) in [4.78, 5) is 57.2. The highest BCUT2D eigenvalue weighted by Gasteiger charge is 2.44. The summed E-state index contributed by atoms with van der Waals surface area (Å²) in [5.74, 6) is -2.93. The van der Waals surface area contributed by atoms with Crippen molar-refractivity contribution in [1.29, 1.82) is 0 Å². The van der Waals surface area contributed by atoms with E-state index in [9.17, 15) is 23.6 Å². The number of nitrogens with zero attached hydrogens (tertiary/aromatic N) is 2. The molecule has 4 rings (SSSR count). The number of hydrogen-bond donors (Lipinski definition) is 1.